The molecule has 3 amide bonds. The highest BCUT2D eigenvalue weighted by Gasteiger charge is 2.46. The maximum absolute atomic E-state index is 12.0. The summed E-state index contributed by atoms with van der Waals surface area (Å²) in [4.78, 5) is 34.1. The molecule has 1 fully saturated rings. The number of amides is 3. The van der Waals surface area contributed by atoms with E-state index >= 15 is 0 Å². The van der Waals surface area contributed by atoms with E-state index in [-0.39, 0.29) is 17.9 Å². The van der Waals surface area contributed by atoms with Crippen LogP contribution in [-0.2, 0) is 9.59 Å². The molecule has 0 spiro atoms. The molecule has 0 aromatic rings. The van der Waals surface area contributed by atoms with Gasteiger partial charge in [-0.15, -0.1) is 0 Å². The summed E-state index contributed by atoms with van der Waals surface area (Å²) in [5.41, 5.74) is 4.58. The van der Waals surface area contributed by atoms with Gasteiger partial charge in [0.2, 0.25) is 5.91 Å². The monoisotopic (exact) mass is 299 g/mol. The largest absolute Gasteiger partial charge is 0.481 e. The van der Waals surface area contributed by atoms with Crippen LogP contribution in [0.4, 0.5) is 4.79 Å². The van der Waals surface area contributed by atoms with Gasteiger partial charge in [-0.1, -0.05) is 20.8 Å². The first kappa shape index (κ1) is 17.3. The van der Waals surface area contributed by atoms with Crippen molar-refractivity contribution in [3.8, 4) is 0 Å². The van der Waals surface area contributed by atoms with Crippen LogP contribution < -0.4 is 16.4 Å². The van der Waals surface area contributed by atoms with Crippen LogP contribution in [0.5, 0.6) is 0 Å². The van der Waals surface area contributed by atoms with Crippen molar-refractivity contribution in [2.24, 2.45) is 23.0 Å². The summed E-state index contributed by atoms with van der Waals surface area (Å²) in [5, 5.41) is 14.5. The number of nitrogens with two attached hydrogens (primary N) is 1. The molecule has 0 aromatic carbocycles. The summed E-state index contributed by atoms with van der Waals surface area (Å²) < 4.78 is 0. The number of carboxylic acid groups (broad SMARTS) is 1. The first-order valence-corrected chi connectivity index (χ1v) is 7.16. The molecule has 21 heavy (non-hydrogen) atoms. The van der Waals surface area contributed by atoms with Crippen molar-refractivity contribution in [3.05, 3.63) is 0 Å². The molecule has 0 heterocycles. The van der Waals surface area contributed by atoms with Crippen LogP contribution in [0.2, 0.25) is 0 Å². The standard InChI is InChI=1S/C14H25N3O4/c1-7-10(17-11(18)8(2)16-13(15)21)6-5-9(12(19)20)14(7,3)4/h7-10H,5-6H2,1-4H3,(H,17,18)(H,19,20)(H3,15,16,21). The molecule has 0 aliphatic heterocycles. The molecule has 0 radical (unpaired) electrons. The zero-order chi connectivity index (χ0) is 16.4. The van der Waals surface area contributed by atoms with Crippen molar-refractivity contribution in [2.45, 2.75) is 52.6 Å². The molecule has 120 valence electrons. The molecule has 0 saturated heterocycles. The lowest BCUT2D eigenvalue weighted by Crippen LogP contribution is -2.56. The summed E-state index contributed by atoms with van der Waals surface area (Å²) in [6.07, 6.45) is 1.13. The van der Waals surface area contributed by atoms with E-state index in [4.69, 9.17) is 5.73 Å². The maximum atomic E-state index is 12.0. The molecule has 1 rings (SSSR count). The zero-order valence-corrected chi connectivity index (χ0v) is 13.0. The van der Waals surface area contributed by atoms with Gasteiger partial charge in [-0.2, -0.15) is 0 Å². The van der Waals surface area contributed by atoms with Crippen molar-refractivity contribution in [3.63, 3.8) is 0 Å². The number of hydrogen-bond acceptors (Lipinski definition) is 3. The molecule has 7 heteroatoms. The van der Waals surface area contributed by atoms with E-state index in [1.54, 1.807) is 6.92 Å². The predicted molar refractivity (Wildman–Crippen MR) is 77.4 cm³/mol. The summed E-state index contributed by atoms with van der Waals surface area (Å²) in [7, 11) is 0. The predicted octanol–water partition coefficient (Wildman–Crippen LogP) is 0.685. The van der Waals surface area contributed by atoms with E-state index in [1.807, 2.05) is 20.8 Å². The number of carbonyl (C=O) groups excluding carboxylic acids is 2. The number of primary amides is 1. The van der Waals surface area contributed by atoms with Gasteiger partial charge in [-0.05, 0) is 31.1 Å². The van der Waals surface area contributed by atoms with Gasteiger partial charge in [0.05, 0.1) is 5.92 Å². The topological polar surface area (TPSA) is 122 Å². The summed E-state index contributed by atoms with van der Waals surface area (Å²) in [6, 6.07) is -1.57. The van der Waals surface area contributed by atoms with E-state index in [1.165, 1.54) is 0 Å². The first-order valence-electron chi connectivity index (χ1n) is 7.16. The van der Waals surface area contributed by atoms with E-state index in [0.717, 1.165) is 0 Å². The Kier molecular flexibility index (Phi) is 5.20. The number of aliphatic carboxylic acids is 1. The minimum atomic E-state index is -0.791. The van der Waals surface area contributed by atoms with E-state index in [9.17, 15) is 19.5 Å². The minimum absolute atomic E-state index is 0.0112. The Bertz CT molecular complexity index is 436. The molecule has 5 N–H and O–H groups in total. The minimum Gasteiger partial charge on any atom is -0.481 e. The average molecular weight is 299 g/mol. The van der Waals surface area contributed by atoms with Gasteiger partial charge in [0.1, 0.15) is 6.04 Å². The molecule has 7 nitrogen and oxygen atoms in total. The van der Waals surface area contributed by atoms with Crippen LogP contribution in [0.1, 0.15) is 40.5 Å². The Morgan fingerprint density at radius 2 is 1.86 bits per heavy atom. The summed E-state index contributed by atoms with van der Waals surface area (Å²) in [5.74, 6) is -1.51. The average Bonchev–Trinajstić information content (AvgIpc) is 2.33. The van der Waals surface area contributed by atoms with Crippen LogP contribution in [-0.4, -0.2) is 35.1 Å². The third-order valence-electron chi connectivity index (χ3n) is 4.82. The van der Waals surface area contributed by atoms with Gasteiger partial charge < -0.3 is 21.5 Å². The van der Waals surface area contributed by atoms with Crippen molar-refractivity contribution >= 4 is 17.9 Å². The van der Waals surface area contributed by atoms with Crippen molar-refractivity contribution in [2.75, 3.05) is 0 Å². The number of carboxylic acids is 1. The van der Waals surface area contributed by atoms with Gasteiger partial charge in [0, 0.05) is 6.04 Å². The zero-order valence-electron chi connectivity index (χ0n) is 13.0. The molecular formula is C14H25N3O4. The van der Waals surface area contributed by atoms with Gasteiger partial charge >= 0.3 is 12.0 Å². The third-order valence-corrected chi connectivity index (χ3v) is 4.82. The molecular weight excluding hydrogens is 274 g/mol. The molecule has 1 aliphatic rings. The molecule has 0 aromatic heterocycles. The fourth-order valence-corrected chi connectivity index (χ4v) is 3.03. The van der Waals surface area contributed by atoms with Crippen LogP contribution >= 0.6 is 0 Å². The fourth-order valence-electron chi connectivity index (χ4n) is 3.03. The molecule has 4 unspecified atom stereocenters. The Labute approximate surface area is 124 Å². The SMILES string of the molecule is CC(NC(N)=O)C(=O)NC1CCC(C(=O)O)C(C)(C)C1C. The maximum Gasteiger partial charge on any atom is 0.312 e. The number of nitrogens with one attached hydrogen (secondary N) is 2. The normalized spacial score (nSPS) is 29.2. The van der Waals surface area contributed by atoms with Crippen LogP contribution in [0, 0.1) is 17.3 Å². The second-order valence-electron chi connectivity index (χ2n) is 6.42. The van der Waals surface area contributed by atoms with Gasteiger partial charge in [0.25, 0.3) is 0 Å². The highest BCUT2D eigenvalue weighted by Crippen LogP contribution is 2.45. The Morgan fingerprint density at radius 1 is 1.29 bits per heavy atom. The number of rotatable bonds is 4. The lowest BCUT2D eigenvalue weighted by atomic mass is 9.61. The van der Waals surface area contributed by atoms with Crippen molar-refractivity contribution in [1.29, 1.82) is 0 Å². The number of urea groups is 1. The van der Waals surface area contributed by atoms with Crippen molar-refractivity contribution < 1.29 is 19.5 Å². The quantitative estimate of drug-likeness (QED) is 0.610. The molecule has 4 atom stereocenters. The molecule has 0 bridgehead atoms. The van der Waals surface area contributed by atoms with E-state index in [0.29, 0.717) is 12.8 Å². The fraction of sp³-hybridized carbons (Fsp3) is 0.786. The number of hydrogen-bond donors (Lipinski definition) is 4. The van der Waals surface area contributed by atoms with Crippen LogP contribution in [0.15, 0.2) is 0 Å². The van der Waals surface area contributed by atoms with Crippen molar-refractivity contribution in [1.82, 2.24) is 10.6 Å². The highest BCUT2D eigenvalue weighted by molar-refractivity contribution is 5.86. The van der Waals surface area contributed by atoms with Gasteiger partial charge in [-0.25, -0.2) is 4.79 Å². The Hall–Kier alpha value is -1.79. The Morgan fingerprint density at radius 3 is 2.33 bits per heavy atom. The summed E-state index contributed by atoms with van der Waals surface area (Å²) in [6.45, 7) is 7.34. The lowest BCUT2D eigenvalue weighted by Gasteiger charge is -2.46. The molecule has 1 saturated carbocycles. The summed E-state index contributed by atoms with van der Waals surface area (Å²) >= 11 is 0. The lowest BCUT2D eigenvalue weighted by molar-refractivity contribution is -0.150. The smallest absolute Gasteiger partial charge is 0.312 e. The second-order valence-corrected chi connectivity index (χ2v) is 6.42. The van der Waals surface area contributed by atoms with Crippen LogP contribution in [0.25, 0.3) is 0 Å². The van der Waals surface area contributed by atoms with Crippen LogP contribution in [0.3, 0.4) is 0 Å². The first-order chi connectivity index (χ1) is 9.57. The third kappa shape index (κ3) is 3.86. The van der Waals surface area contributed by atoms with Gasteiger partial charge in [0.15, 0.2) is 0 Å². The second kappa shape index (κ2) is 6.32. The molecule has 1 aliphatic carbocycles. The van der Waals surface area contributed by atoms with E-state index < -0.39 is 29.4 Å². The highest BCUT2D eigenvalue weighted by atomic mass is 16.4. The van der Waals surface area contributed by atoms with E-state index in [2.05, 4.69) is 10.6 Å². The number of carbonyl (C=O) groups is 3. The Balaban J connectivity index is 2.72. The van der Waals surface area contributed by atoms with Gasteiger partial charge in [-0.3, -0.25) is 9.59 Å².